The standard InChI is InChI=1S/C41H72N8O4/c1-5-42-21-25-46(37-42)17-9-13-29-50-33-41(34-51-30-14-10-18-47-26-22-43(6-2)38-47,35-52-31-15-11-19-48-27-23-44(7-3)39-48)36-53-32-16-12-20-49-28-24-45(8-4)40-49/h21-28,37-40H,5-20,29-36H2,1-4H3/q+4. The van der Waals surface area contributed by atoms with Crippen LogP contribution in [-0.4, -0.2) is 71.1 Å². The third kappa shape index (κ3) is 16.3. The first-order valence-corrected chi connectivity index (χ1v) is 20.5. The van der Waals surface area contributed by atoms with E-state index < -0.39 is 0 Å². The van der Waals surface area contributed by atoms with Crippen LogP contribution in [0.15, 0.2) is 74.9 Å². The molecule has 0 aliphatic heterocycles. The van der Waals surface area contributed by atoms with E-state index >= 15 is 0 Å². The van der Waals surface area contributed by atoms with Gasteiger partial charge in [-0.3, -0.25) is 0 Å². The number of imidazole rings is 4. The van der Waals surface area contributed by atoms with Crippen LogP contribution in [0.3, 0.4) is 0 Å². The van der Waals surface area contributed by atoms with Gasteiger partial charge in [0.1, 0.15) is 49.6 Å². The quantitative estimate of drug-likeness (QED) is 0.0551. The van der Waals surface area contributed by atoms with E-state index in [0.29, 0.717) is 52.9 Å². The van der Waals surface area contributed by atoms with Crippen LogP contribution in [0.1, 0.15) is 79.1 Å². The summed E-state index contributed by atoms with van der Waals surface area (Å²) in [6.45, 7) is 21.8. The molecule has 0 fully saturated rings. The molecular formula is C41H72N8O4+4. The zero-order valence-electron chi connectivity index (χ0n) is 33.6. The molecule has 4 aromatic rings. The fourth-order valence-electron chi connectivity index (χ4n) is 6.43. The molecular weight excluding hydrogens is 669 g/mol. The van der Waals surface area contributed by atoms with E-state index in [1.807, 2.05) is 0 Å². The molecule has 0 saturated heterocycles. The number of unbranched alkanes of at least 4 members (excludes halogenated alkanes) is 4. The molecule has 0 saturated carbocycles. The number of aromatic nitrogens is 8. The van der Waals surface area contributed by atoms with Gasteiger partial charge in [-0.2, -0.15) is 0 Å². The van der Waals surface area contributed by atoms with Crippen molar-refractivity contribution in [3.05, 3.63) is 74.9 Å². The van der Waals surface area contributed by atoms with Crippen molar-refractivity contribution in [3.63, 3.8) is 0 Å². The van der Waals surface area contributed by atoms with Gasteiger partial charge in [0.05, 0.1) is 84.2 Å². The Balaban J connectivity index is 1.27. The second kappa shape index (κ2) is 24.9. The SMILES string of the molecule is CCn1cc[n+](CCCCOCC(COCCCC[n+]2ccn(CC)c2)(COCCCC[n+]2ccn(CC)c2)COCCCC[n+]2ccn(CC)c2)c1. The van der Waals surface area contributed by atoms with Gasteiger partial charge < -0.3 is 18.9 Å². The van der Waals surface area contributed by atoms with Gasteiger partial charge in [0.15, 0.2) is 0 Å². The Morgan fingerprint density at radius 1 is 0.377 bits per heavy atom. The van der Waals surface area contributed by atoms with Gasteiger partial charge in [-0.1, -0.05) is 0 Å². The molecule has 0 aliphatic rings. The van der Waals surface area contributed by atoms with E-state index in [1.54, 1.807) is 0 Å². The largest absolute Gasteiger partial charge is 0.381 e. The van der Waals surface area contributed by atoms with E-state index in [0.717, 1.165) is 104 Å². The average molecular weight is 741 g/mol. The topological polar surface area (TPSA) is 72.2 Å². The highest BCUT2D eigenvalue weighted by Gasteiger charge is 2.32. The fourth-order valence-corrected chi connectivity index (χ4v) is 6.43. The number of rotatable bonds is 32. The number of aryl methyl sites for hydroxylation is 8. The maximum absolute atomic E-state index is 6.44. The van der Waals surface area contributed by atoms with E-state index in [4.69, 9.17) is 18.9 Å². The summed E-state index contributed by atoms with van der Waals surface area (Å²) in [6.07, 6.45) is 34.2. The summed E-state index contributed by atoms with van der Waals surface area (Å²) in [4.78, 5) is 0. The molecule has 0 bridgehead atoms. The van der Waals surface area contributed by atoms with Gasteiger partial charge in [-0.25, -0.2) is 36.5 Å². The maximum atomic E-state index is 6.44. The Morgan fingerprint density at radius 2 is 0.623 bits per heavy atom. The summed E-state index contributed by atoms with van der Waals surface area (Å²) in [7, 11) is 0. The van der Waals surface area contributed by atoms with E-state index in [1.165, 1.54) is 0 Å². The number of nitrogens with zero attached hydrogens (tertiary/aromatic N) is 8. The smallest absolute Gasteiger partial charge is 0.243 e. The Labute approximate surface area is 319 Å². The summed E-state index contributed by atoms with van der Waals surface area (Å²) >= 11 is 0. The first-order chi connectivity index (χ1) is 26.0. The molecule has 0 radical (unpaired) electrons. The Morgan fingerprint density at radius 3 is 0.830 bits per heavy atom. The molecule has 0 aliphatic carbocycles. The predicted octanol–water partition coefficient (Wildman–Crippen LogP) is 4.40. The summed E-state index contributed by atoms with van der Waals surface area (Å²) in [6, 6.07) is 0. The van der Waals surface area contributed by atoms with Gasteiger partial charge in [-0.05, 0) is 79.1 Å². The van der Waals surface area contributed by atoms with Crippen LogP contribution < -0.4 is 18.3 Å². The molecule has 53 heavy (non-hydrogen) atoms. The third-order valence-electron chi connectivity index (χ3n) is 9.90. The first kappa shape index (κ1) is 42.4. The monoisotopic (exact) mass is 741 g/mol. The molecule has 12 nitrogen and oxygen atoms in total. The molecule has 0 amide bonds. The van der Waals surface area contributed by atoms with Crippen molar-refractivity contribution in [2.75, 3.05) is 52.9 Å². The van der Waals surface area contributed by atoms with Crippen LogP contribution in [0.2, 0.25) is 0 Å². The molecule has 0 unspecified atom stereocenters. The fraction of sp³-hybridized carbons (Fsp3) is 0.707. The first-order valence-electron chi connectivity index (χ1n) is 20.5. The van der Waals surface area contributed by atoms with Crippen LogP contribution >= 0.6 is 0 Å². The lowest BCUT2D eigenvalue weighted by atomic mass is 9.92. The van der Waals surface area contributed by atoms with Crippen LogP contribution in [0.4, 0.5) is 0 Å². The zero-order chi connectivity index (χ0) is 37.4. The number of hydrogen-bond acceptors (Lipinski definition) is 4. The second-order valence-electron chi connectivity index (χ2n) is 14.5. The maximum Gasteiger partial charge on any atom is 0.243 e. The molecule has 0 spiro atoms. The summed E-state index contributed by atoms with van der Waals surface area (Å²) in [5.74, 6) is 0. The van der Waals surface area contributed by atoms with Gasteiger partial charge in [-0.15, -0.1) is 0 Å². The molecule has 12 heteroatoms. The molecule has 4 rings (SSSR count). The number of ether oxygens (including phenoxy) is 4. The van der Waals surface area contributed by atoms with Gasteiger partial charge in [0.25, 0.3) is 0 Å². The van der Waals surface area contributed by atoms with Crippen LogP contribution in [0.25, 0.3) is 0 Å². The minimum absolute atomic E-state index is 0.361. The van der Waals surface area contributed by atoms with E-state index in [9.17, 15) is 0 Å². The minimum atomic E-state index is -0.361. The Hall–Kier alpha value is -3.32. The van der Waals surface area contributed by atoms with E-state index in [-0.39, 0.29) is 5.41 Å². The summed E-state index contributed by atoms with van der Waals surface area (Å²) in [5, 5.41) is 0. The molecule has 296 valence electrons. The lowest BCUT2D eigenvalue weighted by molar-refractivity contribution is -0.697. The van der Waals surface area contributed by atoms with Crippen molar-refractivity contribution in [1.29, 1.82) is 0 Å². The van der Waals surface area contributed by atoms with Crippen molar-refractivity contribution in [3.8, 4) is 0 Å². The zero-order valence-corrected chi connectivity index (χ0v) is 33.6. The Bertz CT molecular complexity index is 1270. The van der Waals surface area contributed by atoms with Gasteiger partial charge in [0.2, 0.25) is 25.3 Å². The van der Waals surface area contributed by atoms with Crippen molar-refractivity contribution < 1.29 is 37.2 Å². The van der Waals surface area contributed by atoms with Crippen LogP contribution in [-0.2, 0) is 71.3 Å². The van der Waals surface area contributed by atoms with Crippen molar-refractivity contribution in [2.24, 2.45) is 5.41 Å². The van der Waals surface area contributed by atoms with Crippen molar-refractivity contribution in [1.82, 2.24) is 18.3 Å². The van der Waals surface area contributed by atoms with Crippen molar-refractivity contribution in [2.45, 2.75) is 131 Å². The third-order valence-corrected chi connectivity index (χ3v) is 9.90. The summed E-state index contributed by atoms with van der Waals surface area (Å²) < 4.78 is 43.6. The lowest BCUT2D eigenvalue weighted by Gasteiger charge is -2.33. The van der Waals surface area contributed by atoms with Crippen molar-refractivity contribution >= 4 is 0 Å². The van der Waals surface area contributed by atoms with Crippen LogP contribution in [0, 0.1) is 5.41 Å². The highest BCUT2D eigenvalue weighted by molar-refractivity contribution is 4.80. The highest BCUT2D eigenvalue weighted by Crippen LogP contribution is 2.22. The number of hydrogen-bond donors (Lipinski definition) is 0. The predicted molar refractivity (Wildman–Crippen MR) is 204 cm³/mol. The van der Waals surface area contributed by atoms with E-state index in [2.05, 4.69) is 139 Å². The van der Waals surface area contributed by atoms with Crippen LogP contribution in [0.5, 0.6) is 0 Å². The normalized spacial score (nSPS) is 12.0. The molecule has 0 N–H and O–H groups in total. The molecule has 4 heterocycles. The minimum Gasteiger partial charge on any atom is -0.381 e. The molecule has 0 atom stereocenters. The highest BCUT2D eigenvalue weighted by atomic mass is 16.5. The second-order valence-corrected chi connectivity index (χ2v) is 14.5. The lowest BCUT2D eigenvalue weighted by Crippen LogP contribution is -2.42. The van der Waals surface area contributed by atoms with Gasteiger partial charge >= 0.3 is 0 Å². The molecule has 0 aromatic carbocycles. The average Bonchev–Trinajstić information content (AvgIpc) is 4.02. The Kier molecular flexibility index (Phi) is 19.9. The summed E-state index contributed by atoms with van der Waals surface area (Å²) in [5.41, 5.74) is -0.361. The molecule has 4 aromatic heterocycles. The van der Waals surface area contributed by atoms with Gasteiger partial charge in [0, 0.05) is 26.4 Å².